The van der Waals surface area contributed by atoms with Gasteiger partial charge in [0.05, 0.1) is 69.1 Å². The van der Waals surface area contributed by atoms with Gasteiger partial charge in [-0.25, -0.2) is 9.97 Å². The number of nitrogens with zero attached hydrogens (tertiary/aromatic N) is 4. The summed E-state index contributed by atoms with van der Waals surface area (Å²) in [5.74, 6) is 1.93. The minimum absolute atomic E-state index is 0.587. The van der Waals surface area contributed by atoms with Gasteiger partial charge in [0.25, 0.3) is 0 Å². The van der Waals surface area contributed by atoms with Crippen LogP contribution in [0, 0.1) is 6.92 Å². The lowest BCUT2D eigenvalue weighted by Gasteiger charge is -2.23. The summed E-state index contributed by atoms with van der Waals surface area (Å²) in [5.41, 5.74) is 7.18. The molecular weight excluding hydrogens is 416 g/mol. The number of fused-ring (bicyclic) bond motifs is 2. The van der Waals surface area contributed by atoms with Crippen LogP contribution in [-0.4, -0.2) is 40.4 Å². The van der Waals surface area contributed by atoms with E-state index in [9.17, 15) is 0 Å². The molecule has 0 fully saturated rings. The molecule has 33 heavy (non-hydrogen) atoms. The first-order chi connectivity index (χ1) is 16.2. The summed E-state index contributed by atoms with van der Waals surface area (Å²) in [6.45, 7) is 3.29. The van der Waals surface area contributed by atoms with Crippen LogP contribution in [0.25, 0.3) is 22.1 Å². The minimum Gasteiger partial charge on any atom is -0.492 e. The van der Waals surface area contributed by atoms with Gasteiger partial charge in [-0.3, -0.25) is 0 Å². The van der Waals surface area contributed by atoms with Gasteiger partial charge < -0.3 is 23.3 Å². The van der Waals surface area contributed by atoms with E-state index in [0.29, 0.717) is 30.3 Å². The molecule has 7 heteroatoms. The number of methoxy groups -OCH3 is 3. The van der Waals surface area contributed by atoms with Crippen LogP contribution >= 0.6 is 0 Å². The molecule has 0 amide bonds. The third-order valence-corrected chi connectivity index (χ3v) is 6.19. The van der Waals surface area contributed by atoms with Crippen molar-refractivity contribution in [3.05, 3.63) is 77.9 Å². The number of hydrogen-bond donors (Lipinski definition) is 0. The minimum atomic E-state index is 0.587. The van der Waals surface area contributed by atoms with E-state index < -0.39 is 0 Å². The molecule has 2 heterocycles. The number of aromatic nitrogens is 4. The fourth-order valence-electron chi connectivity index (χ4n) is 4.51. The second-order valence-electron chi connectivity index (χ2n) is 7.90. The van der Waals surface area contributed by atoms with Crippen LogP contribution in [0.5, 0.6) is 17.2 Å². The lowest BCUT2D eigenvalue weighted by atomic mass is 9.98. The number of rotatable bonds is 7. The van der Waals surface area contributed by atoms with Crippen molar-refractivity contribution in [2.75, 3.05) is 21.3 Å². The average Bonchev–Trinajstić information content (AvgIpc) is 3.45. The largest absolute Gasteiger partial charge is 0.492 e. The van der Waals surface area contributed by atoms with Gasteiger partial charge in [-0.2, -0.15) is 0 Å². The highest BCUT2D eigenvalue weighted by molar-refractivity contribution is 5.76. The van der Waals surface area contributed by atoms with Crippen LogP contribution in [0.3, 0.4) is 0 Å². The van der Waals surface area contributed by atoms with E-state index >= 15 is 0 Å². The molecule has 168 valence electrons. The van der Waals surface area contributed by atoms with E-state index in [0.717, 1.165) is 38.8 Å². The normalized spacial score (nSPS) is 11.3. The van der Waals surface area contributed by atoms with Crippen molar-refractivity contribution in [1.82, 2.24) is 19.1 Å². The molecule has 5 aromatic rings. The number of imidazole rings is 2. The molecule has 0 N–H and O–H groups in total. The van der Waals surface area contributed by atoms with E-state index in [1.807, 2.05) is 49.1 Å². The molecule has 0 radical (unpaired) electrons. The average molecular weight is 443 g/mol. The fraction of sp³-hybridized carbons (Fsp3) is 0.231. The summed E-state index contributed by atoms with van der Waals surface area (Å²) in [6.07, 6.45) is 3.73. The van der Waals surface area contributed by atoms with Gasteiger partial charge in [-0.15, -0.1) is 0 Å². The summed E-state index contributed by atoms with van der Waals surface area (Å²) in [7, 11) is 4.97. The molecule has 0 atom stereocenters. The van der Waals surface area contributed by atoms with Crippen molar-refractivity contribution in [1.29, 1.82) is 0 Å². The SMILES string of the molecule is COc1c(Cn2cnc3ccccc32)c(C)c(Cn2cnc3ccccc32)c(OC)c1OC. The highest BCUT2D eigenvalue weighted by Gasteiger charge is 2.25. The van der Waals surface area contributed by atoms with Crippen LogP contribution < -0.4 is 14.2 Å². The Hall–Kier alpha value is -4.00. The first-order valence-corrected chi connectivity index (χ1v) is 10.8. The Morgan fingerprint density at radius 1 is 0.636 bits per heavy atom. The number of para-hydroxylation sites is 4. The lowest BCUT2D eigenvalue weighted by molar-refractivity contribution is 0.318. The predicted molar refractivity (Wildman–Crippen MR) is 129 cm³/mol. The Morgan fingerprint density at radius 3 is 1.48 bits per heavy atom. The summed E-state index contributed by atoms with van der Waals surface area (Å²) in [6, 6.07) is 16.2. The first-order valence-electron chi connectivity index (χ1n) is 10.8. The Morgan fingerprint density at radius 2 is 1.06 bits per heavy atom. The Kier molecular flexibility index (Phi) is 5.38. The summed E-state index contributed by atoms with van der Waals surface area (Å²) >= 11 is 0. The molecule has 7 nitrogen and oxygen atoms in total. The topological polar surface area (TPSA) is 63.3 Å². The van der Waals surface area contributed by atoms with E-state index in [-0.39, 0.29) is 0 Å². The molecule has 0 saturated carbocycles. The van der Waals surface area contributed by atoms with E-state index in [4.69, 9.17) is 14.2 Å². The maximum atomic E-state index is 5.85. The molecule has 0 unspecified atom stereocenters. The Labute approximate surface area is 192 Å². The van der Waals surface area contributed by atoms with Crippen molar-refractivity contribution in [3.8, 4) is 17.2 Å². The third kappa shape index (κ3) is 3.46. The maximum absolute atomic E-state index is 5.85. The monoisotopic (exact) mass is 442 g/mol. The quantitative estimate of drug-likeness (QED) is 0.362. The molecule has 0 aliphatic carbocycles. The highest BCUT2D eigenvalue weighted by Crippen LogP contribution is 2.46. The van der Waals surface area contributed by atoms with Gasteiger partial charge in [0, 0.05) is 11.1 Å². The van der Waals surface area contributed by atoms with Crippen LogP contribution in [0.15, 0.2) is 61.2 Å². The smallest absolute Gasteiger partial charge is 0.204 e. The van der Waals surface area contributed by atoms with Gasteiger partial charge in [-0.1, -0.05) is 24.3 Å². The summed E-state index contributed by atoms with van der Waals surface area (Å²) in [4.78, 5) is 9.10. The molecule has 0 saturated heterocycles. The molecule has 5 rings (SSSR count). The van der Waals surface area contributed by atoms with E-state index in [2.05, 4.69) is 38.2 Å². The van der Waals surface area contributed by atoms with Crippen LogP contribution in [0.2, 0.25) is 0 Å². The summed E-state index contributed by atoms with van der Waals surface area (Å²) < 4.78 is 21.8. The van der Waals surface area contributed by atoms with Gasteiger partial charge in [-0.05, 0) is 36.8 Å². The van der Waals surface area contributed by atoms with Gasteiger partial charge in [0.2, 0.25) is 5.75 Å². The molecule has 0 spiro atoms. The molecule has 0 aliphatic heterocycles. The van der Waals surface area contributed by atoms with Crippen molar-refractivity contribution < 1.29 is 14.2 Å². The number of benzene rings is 3. The van der Waals surface area contributed by atoms with Crippen molar-refractivity contribution in [2.45, 2.75) is 20.0 Å². The first kappa shape index (κ1) is 20.9. The maximum Gasteiger partial charge on any atom is 0.204 e. The Bertz CT molecular complexity index is 1350. The second kappa shape index (κ2) is 8.50. The van der Waals surface area contributed by atoms with E-state index in [1.165, 1.54) is 0 Å². The second-order valence-corrected chi connectivity index (χ2v) is 7.90. The third-order valence-electron chi connectivity index (χ3n) is 6.19. The molecule has 0 bridgehead atoms. The van der Waals surface area contributed by atoms with Crippen molar-refractivity contribution in [3.63, 3.8) is 0 Å². The number of ether oxygens (including phenoxy) is 3. The van der Waals surface area contributed by atoms with Crippen molar-refractivity contribution >= 4 is 22.1 Å². The van der Waals surface area contributed by atoms with Gasteiger partial charge >= 0.3 is 0 Å². The van der Waals surface area contributed by atoms with Gasteiger partial charge in [0.15, 0.2) is 11.5 Å². The van der Waals surface area contributed by atoms with Crippen LogP contribution in [-0.2, 0) is 13.1 Å². The molecule has 0 aliphatic rings. The zero-order valence-corrected chi connectivity index (χ0v) is 19.2. The zero-order chi connectivity index (χ0) is 22.9. The standard InChI is InChI=1S/C26H26N4O3/c1-17-18(13-29-15-27-20-9-5-7-11-22(20)29)24(31-2)26(33-4)25(32-3)19(17)14-30-16-28-21-10-6-8-12-23(21)30/h5-12,15-16H,13-14H2,1-4H3. The van der Waals surface area contributed by atoms with Crippen molar-refractivity contribution in [2.24, 2.45) is 0 Å². The van der Waals surface area contributed by atoms with Gasteiger partial charge in [0.1, 0.15) is 0 Å². The molecular formula is C26H26N4O3. The predicted octanol–water partition coefficient (Wildman–Crippen LogP) is 4.82. The summed E-state index contributed by atoms with van der Waals surface area (Å²) in [5, 5.41) is 0. The Balaban J connectivity index is 1.68. The highest BCUT2D eigenvalue weighted by atomic mass is 16.5. The number of hydrogen-bond acceptors (Lipinski definition) is 5. The van der Waals surface area contributed by atoms with Crippen LogP contribution in [0.4, 0.5) is 0 Å². The zero-order valence-electron chi connectivity index (χ0n) is 19.2. The lowest BCUT2D eigenvalue weighted by Crippen LogP contribution is -2.11. The molecule has 3 aromatic carbocycles. The van der Waals surface area contributed by atoms with E-state index in [1.54, 1.807) is 21.3 Å². The fourth-order valence-corrected chi connectivity index (χ4v) is 4.51. The molecule has 2 aromatic heterocycles. The van der Waals surface area contributed by atoms with Crippen LogP contribution in [0.1, 0.15) is 16.7 Å².